The van der Waals surface area contributed by atoms with Crippen molar-refractivity contribution in [2.75, 3.05) is 11.1 Å². The summed E-state index contributed by atoms with van der Waals surface area (Å²) in [5, 5.41) is 7.21. The molecule has 0 atom stereocenters. The largest absolute Gasteiger partial charge is 0.394 e. The minimum Gasteiger partial charge on any atom is -0.394 e. The van der Waals surface area contributed by atoms with Crippen molar-refractivity contribution >= 4 is 17.2 Å². The van der Waals surface area contributed by atoms with Crippen LogP contribution in [0.3, 0.4) is 0 Å². The third-order valence-electron chi connectivity index (χ3n) is 2.75. The molecule has 0 bridgehead atoms. The van der Waals surface area contributed by atoms with E-state index in [1.54, 1.807) is 11.6 Å². The van der Waals surface area contributed by atoms with E-state index in [1.807, 2.05) is 13.8 Å². The standard InChI is InChI=1S/C13H16F2N4/c1-7(2)19-13(12(16)8(3)18-19)17-11-5-9(14)4-10(15)6-11/h4-7,17H,16H2,1-3H3. The second-order valence-electron chi connectivity index (χ2n) is 4.67. The number of hydrogen-bond donors (Lipinski definition) is 2. The zero-order chi connectivity index (χ0) is 14.2. The second kappa shape index (κ2) is 4.87. The lowest BCUT2D eigenvalue weighted by atomic mass is 10.3. The highest BCUT2D eigenvalue weighted by molar-refractivity contribution is 5.71. The summed E-state index contributed by atoms with van der Waals surface area (Å²) in [6.45, 7) is 5.68. The fourth-order valence-corrected chi connectivity index (χ4v) is 1.82. The van der Waals surface area contributed by atoms with Crippen LogP contribution in [-0.4, -0.2) is 9.78 Å². The number of nitrogens with two attached hydrogens (primary N) is 1. The first-order valence-electron chi connectivity index (χ1n) is 5.96. The Kier molecular flexibility index (Phi) is 3.42. The number of aryl methyl sites for hydroxylation is 1. The zero-order valence-electron chi connectivity index (χ0n) is 11.0. The quantitative estimate of drug-likeness (QED) is 0.895. The summed E-state index contributed by atoms with van der Waals surface area (Å²) in [4.78, 5) is 0. The minimum absolute atomic E-state index is 0.0805. The number of hydrogen-bond acceptors (Lipinski definition) is 3. The third kappa shape index (κ3) is 2.67. The van der Waals surface area contributed by atoms with Crippen molar-refractivity contribution in [2.24, 2.45) is 0 Å². The Morgan fingerprint density at radius 3 is 2.32 bits per heavy atom. The van der Waals surface area contributed by atoms with Crippen molar-refractivity contribution in [2.45, 2.75) is 26.8 Å². The first kappa shape index (κ1) is 13.3. The Morgan fingerprint density at radius 2 is 1.79 bits per heavy atom. The van der Waals surface area contributed by atoms with Crippen LogP contribution in [0.2, 0.25) is 0 Å². The van der Waals surface area contributed by atoms with Gasteiger partial charge in [0.25, 0.3) is 0 Å². The van der Waals surface area contributed by atoms with Crippen molar-refractivity contribution in [3.05, 3.63) is 35.5 Å². The van der Waals surface area contributed by atoms with Crippen LogP contribution < -0.4 is 11.1 Å². The predicted octanol–water partition coefficient (Wildman–Crippen LogP) is 3.38. The van der Waals surface area contributed by atoms with E-state index in [1.165, 1.54) is 12.1 Å². The van der Waals surface area contributed by atoms with Gasteiger partial charge in [-0.05, 0) is 32.9 Å². The molecule has 0 amide bonds. The van der Waals surface area contributed by atoms with Crippen molar-refractivity contribution in [3.8, 4) is 0 Å². The molecule has 0 saturated carbocycles. The molecule has 6 heteroatoms. The van der Waals surface area contributed by atoms with E-state index in [-0.39, 0.29) is 6.04 Å². The summed E-state index contributed by atoms with van der Waals surface area (Å²) in [6.07, 6.45) is 0. The van der Waals surface area contributed by atoms with E-state index in [0.717, 1.165) is 6.07 Å². The Morgan fingerprint density at radius 1 is 1.21 bits per heavy atom. The van der Waals surface area contributed by atoms with Crippen LogP contribution in [0.25, 0.3) is 0 Å². The number of nitrogens with zero attached hydrogens (tertiary/aromatic N) is 2. The molecule has 0 aliphatic heterocycles. The molecule has 102 valence electrons. The van der Waals surface area contributed by atoms with E-state index < -0.39 is 11.6 Å². The average Bonchev–Trinajstić information content (AvgIpc) is 2.56. The van der Waals surface area contributed by atoms with Gasteiger partial charge in [-0.2, -0.15) is 5.10 Å². The number of rotatable bonds is 3. The molecule has 2 rings (SSSR count). The Labute approximate surface area is 110 Å². The molecule has 0 spiro atoms. The molecule has 1 heterocycles. The van der Waals surface area contributed by atoms with Crippen LogP contribution >= 0.6 is 0 Å². The van der Waals surface area contributed by atoms with E-state index >= 15 is 0 Å². The molecule has 0 radical (unpaired) electrons. The SMILES string of the molecule is Cc1nn(C(C)C)c(Nc2cc(F)cc(F)c2)c1N. The van der Waals surface area contributed by atoms with Gasteiger partial charge in [-0.1, -0.05) is 0 Å². The Bertz CT molecular complexity index is 585. The molecule has 0 aliphatic rings. The average molecular weight is 266 g/mol. The van der Waals surface area contributed by atoms with Gasteiger partial charge in [-0.3, -0.25) is 0 Å². The van der Waals surface area contributed by atoms with Crippen molar-refractivity contribution in [1.82, 2.24) is 9.78 Å². The fourth-order valence-electron chi connectivity index (χ4n) is 1.82. The van der Waals surface area contributed by atoms with Crippen LogP contribution in [0, 0.1) is 18.6 Å². The van der Waals surface area contributed by atoms with Gasteiger partial charge < -0.3 is 11.1 Å². The molecule has 0 unspecified atom stereocenters. The number of anilines is 3. The molecule has 0 aliphatic carbocycles. The smallest absolute Gasteiger partial charge is 0.152 e. The van der Waals surface area contributed by atoms with Gasteiger partial charge in [-0.25, -0.2) is 13.5 Å². The Balaban J connectivity index is 2.42. The normalized spacial score (nSPS) is 11.1. The van der Waals surface area contributed by atoms with Gasteiger partial charge in [0.2, 0.25) is 0 Å². The third-order valence-corrected chi connectivity index (χ3v) is 2.75. The molecular formula is C13H16F2N4. The maximum atomic E-state index is 13.2. The highest BCUT2D eigenvalue weighted by Gasteiger charge is 2.15. The fraction of sp³-hybridized carbons (Fsp3) is 0.308. The molecule has 1 aromatic heterocycles. The zero-order valence-corrected chi connectivity index (χ0v) is 11.0. The van der Waals surface area contributed by atoms with Crippen molar-refractivity contribution in [1.29, 1.82) is 0 Å². The lowest BCUT2D eigenvalue weighted by Crippen LogP contribution is -2.08. The van der Waals surface area contributed by atoms with E-state index in [4.69, 9.17) is 5.73 Å². The van der Waals surface area contributed by atoms with Crippen LogP contribution in [0.1, 0.15) is 25.6 Å². The van der Waals surface area contributed by atoms with Crippen LogP contribution in [0.4, 0.5) is 26.0 Å². The predicted molar refractivity (Wildman–Crippen MR) is 71.4 cm³/mol. The molecule has 0 fully saturated rings. The van der Waals surface area contributed by atoms with E-state index in [2.05, 4.69) is 10.4 Å². The van der Waals surface area contributed by atoms with Crippen molar-refractivity contribution in [3.63, 3.8) is 0 Å². The minimum atomic E-state index is -0.645. The number of aromatic nitrogens is 2. The summed E-state index contributed by atoms with van der Waals surface area (Å²) >= 11 is 0. The monoisotopic (exact) mass is 266 g/mol. The van der Waals surface area contributed by atoms with Gasteiger partial charge in [0.1, 0.15) is 11.6 Å². The Hall–Kier alpha value is -2.11. The lowest BCUT2D eigenvalue weighted by Gasteiger charge is -2.13. The molecule has 4 nitrogen and oxygen atoms in total. The number of nitrogen functional groups attached to an aromatic ring is 1. The summed E-state index contributed by atoms with van der Waals surface area (Å²) < 4.78 is 28.0. The summed E-state index contributed by atoms with van der Waals surface area (Å²) in [6, 6.07) is 3.31. The number of nitrogens with one attached hydrogen (secondary N) is 1. The first-order chi connectivity index (χ1) is 8.88. The maximum Gasteiger partial charge on any atom is 0.152 e. The summed E-state index contributed by atoms with van der Waals surface area (Å²) in [5.74, 6) is -0.751. The van der Waals surface area contributed by atoms with Crippen LogP contribution in [0.15, 0.2) is 18.2 Å². The highest BCUT2D eigenvalue weighted by atomic mass is 19.1. The summed E-state index contributed by atoms with van der Waals surface area (Å²) in [7, 11) is 0. The number of benzene rings is 1. The maximum absolute atomic E-state index is 13.2. The molecule has 19 heavy (non-hydrogen) atoms. The molecular weight excluding hydrogens is 250 g/mol. The lowest BCUT2D eigenvalue weighted by molar-refractivity contribution is 0.536. The van der Waals surface area contributed by atoms with Gasteiger partial charge >= 0.3 is 0 Å². The molecule has 1 aromatic carbocycles. The van der Waals surface area contributed by atoms with Gasteiger partial charge in [0.15, 0.2) is 5.82 Å². The first-order valence-corrected chi connectivity index (χ1v) is 5.96. The summed E-state index contributed by atoms with van der Waals surface area (Å²) in [5.41, 5.74) is 7.37. The van der Waals surface area contributed by atoms with Gasteiger partial charge in [0, 0.05) is 17.8 Å². The van der Waals surface area contributed by atoms with E-state index in [0.29, 0.717) is 22.9 Å². The topological polar surface area (TPSA) is 55.9 Å². The molecule has 3 N–H and O–H groups in total. The van der Waals surface area contributed by atoms with Crippen LogP contribution in [-0.2, 0) is 0 Å². The van der Waals surface area contributed by atoms with Gasteiger partial charge in [0.05, 0.1) is 11.4 Å². The highest BCUT2D eigenvalue weighted by Crippen LogP contribution is 2.29. The van der Waals surface area contributed by atoms with Crippen LogP contribution in [0.5, 0.6) is 0 Å². The number of halogens is 2. The van der Waals surface area contributed by atoms with Gasteiger partial charge in [-0.15, -0.1) is 0 Å². The second-order valence-corrected chi connectivity index (χ2v) is 4.67. The molecule has 2 aromatic rings. The van der Waals surface area contributed by atoms with E-state index in [9.17, 15) is 8.78 Å². The van der Waals surface area contributed by atoms with Crippen molar-refractivity contribution < 1.29 is 8.78 Å². The molecule has 0 saturated heterocycles.